The number of carboxylic acid groups (broad SMARTS) is 1. The molecule has 0 spiro atoms. The molecule has 1 aliphatic heterocycles. The zero-order valence-electron chi connectivity index (χ0n) is 11.3. The molecule has 0 radical (unpaired) electrons. The highest BCUT2D eigenvalue weighted by Gasteiger charge is 2.25. The smallest absolute Gasteiger partial charge is 0.321 e. The number of nitrogens with one attached hydrogen (secondary N) is 1. The molecular formula is C14H16BrFN2O3. The summed E-state index contributed by atoms with van der Waals surface area (Å²) >= 11 is 3.20. The molecule has 1 saturated heterocycles. The summed E-state index contributed by atoms with van der Waals surface area (Å²) in [4.78, 5) is 24.4. The van der Waals surface area contributed by atoms with E-state index in [1.807, 2.05) is 0 Å². The van der Waals surface area contributed by atoms with E-state index in [2.05, 4.69) is 21.2 Å². The van der Waals surface area contributed by atoms with Gasteiger partial charge in [-0.05, 0) is 46.8 Å². The summed E-state index contributed by atoms with van der Waals surface area (Å²) < 4.78 is 14.1. The van der Waals surface area contributed by atoms with Gasteiger partial charge in [0.2, 0.25) is 0 Å². The van der Waals surface area contributed by atoms with Crippen LogP contribution in [0.25, 0.3) is 0 Å². The fourth-order valence-electron chi connectivity index (χ4n) is 2.39. The van der Waals surface area contributed by atoms with Crippen molar-refractivity contribution in [3.63, 3.8) is 0 Å². The molecule has 1 aliphatic rings. The number of hydrogen-bond acceptors (Lipinski definition) is 2. The lowest BCUT2D eigenvalue weighted by Crippen LogP contribution is -2.41. The van der Waals surface area contributed by atoms with Crippen LogP contribution in [0.15, 0.2) is 22.7 Å². The normalized spacial score (nSPS) is 15.8. The highest BCUT2D eigenvalue weighted by Crippen LogP contribution is 2.26. The van der Waals surface area contributed by atoms with Crippen molar-refractivity contribution < 1.29 is 19.1 Å². The fourth-order valence-corrected chi connectivity index (χ4v) is 2.83. The van der Waals surface area contributed by atoms with Crippen molar-refractivity contribution >= 4 is 33.6 Å². The van der Waals surface area contributed by atoms with E-state index in [0.717, 1.165) is 0 Å². The second-order valence-corrected chi connectivity index (χ2v) is 5.91. The third kappa shape index (κ3) is 4.17. The average Bonchev–Trinajstić information content (AvgIpc) is 2.43. The molecule has 2 N–H and O–H groups in total. The Bertz CT molecular complexity index is 525. The van der Waals surface area contributed by atoms with Crippen LogP contribution in [0.1, 0.15) is 19.3 Å². The molecule has 7 heteroatoms. The summed E-state index contributed by atoms with van der Waals surface area (Å²) in [7, 11) is 0. The number of anilines is 1. The van der Waals surface area contributed by atoms with E-state index in [1.165, 1.54) is 6.07 Å². The maximum absolute atomic E-state index is 13.7. The van der Waals surface area contributed by atoms with Gasteiger partial charge in [0.25, 0.3) is 0 Å². The van der Waals surface area contributed by atoms with Crippen molar-refractivity contribution in [1.29, 1.82) is 0 Å². The van der Waals surface area contributed by atoms with Gasteiger partial charge in [0.1, 0.15) is 5.82 Å². The molecule has 0 saturated carbocycles. The van der Waals surface area contributed by atoms with Gasteiger partial charge in [-0.25, -0.2) is 9.18 Å². The standard InChI is InChI=1S/C14H16BrFN2O3/c15-10-2-1-3-11(16)13(10)17-14(21)18-6-4-9(5-7-18)8-12(19)20/h1-3,9H,4-8H2,(H,17,21)(H,19,20). The van der Waals surface area contributed by atoms with Gasteiger partial charge in [-0.2, -0.15) is 0 Å². The Hall–Kier alpha value is -1.63. The van der Waals surface area contributed by atoms with E-state index in [-0.39, 0.29) is 24.1 Å². The summed E-state index contributed by atoms with van der Waals surface area (Å²) in [6.45, 7) is 0.964. The molecule has 2 amide bonds. The molecule has 1 heterocycles. The molecule has 1 aromatic rings. The molecule has 5 nitrogen and oxygen atoms in total. The van der Waals surface area contributed by atoms with Crippen LogP contribution in [0, 0.1) is 11.7 Å². The van der Waals surface area contributed by atoms with Gasteiger partial charge in [0.15, 0.2) is 0 Å². The third-order valence-electron chi connectivity index (χ3n) is 3.56. The SMILES string of the molecule is O=C(O)CC1CCN(C(=O)Nc2c(F)cccc2Br)CC1. The first kappa shape index (κ1) is 15.8. The summed E-state index contributed by atoms with van der Waals surface area (Å²) in [5.41, 5.74) is 0.121. The molecule has 0 aliphatic carbocycles. The topological polar surface area (TPSA) is 69.6 Å². The van der Waals surface area contributed by atoms with Crippen LogP contribution in [0.3, 0.4) is 0 Å². The van der Waals surface area contributed by atoms with Crippen molar-refractivity contribution in [2.75, 3.05) is 18.4 Å². The Morgan fingerprint density at radius 2 is 2.05 bits per heavy atom. The van der Waals surface area contributed by atoms with Gasteiger partial charge in [0.05, 0.1) is 5.69 Å². The zero-order valence-corrected chi connectivity index (χ0v) is 12.9. The van der Waals surface area contributed by atoms with Crippen molar-refractivity contribution in [3.05, 3.63) is 28.5 Å². The van der Waals surface area contributed by atoms with Gasteiger partial charge < -0.3 is 15.3 Å². The quantitative estimate of drug-likeness (QED) is 0.870. The molecule has 0 aromatic heterocycles. The average molecular weight is 359 g/mol. The van der Waals surface area contributed by atoms with Crippen molar-refractivity contribution in [1.82, 2.24) is 4.90 Å². The predicted molar refractivity (Wildman–Crippen MR) is 79.7 cm³/mol. The number of para-hydroxylation sites is 1. The molecule has 21 heavy (non-hydrogen) atoms. The predicted octanol–water partition coefficient (Wildman–Crippen LogP) is 3.31. The first-order valence-corrected chi connectivity index (χ1v) is 7.48. The molecular weight excluding hydrogens is 343 g/mol. The first-order valence-electron chi connectivity index (χ1n) is 6.69. The van der Waals surface area contributed by atoms with E-state index in [9.17, 15) is 14.0 Å². The van der Waals surface area contributed by atoms with Gasteiger partial charge in [-0.1, -0.05) is 6.07 Å². The number of hydrogen-bond donors (Lipinski definition) is 2. The number of carboxylic acids is 1. The summed E-state index contributed by atoms with van der Waals surface area (Å²) in [5, 5.41) is 11.3. The van der Waals surface area contributed by atoms with Crippen molar-refractivity contribution in [2.45, 2.75) is 19.3 Å². The number of rotatable bonds is 3. The monoisotopic (exact) mass is 358 g/mol. The minimum Gasteiger partial charge on any atom is -0.481 e. The second kappa shape index (κ2) is 6.89. The molecule has 2 rings (SSSR count). The molecule has 0 bridgehead atoms. The molecule has 1 aromatic carbocycles. The zero-order chi connectivity index (χ0) is 15.4. The van der Waals surface area contributed by atoms with Gasteiger partial charge in [-0.3, -0.25) is 4.79 Å². The number of aliphatic carboxylic acids is 1. The van der Waals surface area contributed by atoms with Crippen molar-refractivity contribution in [3.8, 4) is 0 Å². The van der Waals surface area contributed by atoms with E-state index < -0.39 is 11.8 Å². The van der Waals surface area contributed by atoms with E-state index in [1.54, 1.807) is 17.0 Å². The summed E-state index contributed by atoms with van der Waals surface area (Å²) in [6.07, 6.45) is 1.44. The van der Waals surface area contributed by atoms with E-state index in [0.29, 0.717) is 30.4 Å². The number of urea groups is 1. The Labute approximate surface area is 130 Å². The second-order valence-electron chi connectivity index (χ2n) is 5.06. The molecule has 0 atom stereocenters. The summed E-state index contributed by atoms with van der Waals surface area (Å²) in [6, 6.07) is 4.11. The largest absolute Gasteiger partial charge is 0.481 e. The lowest BCUT2D eigenvalue weighted by Gasteiger charge is -2.31. The number of halogens is 2. The van der Waals surface area contributed by atoms with E-state index in [4.69, 9.17) is 5.11 Å². The lowest BCUT2D eigenvalue weighted by molar-refractivity contribution is -0.138. The molecule has 0 unspecified atom stereocenters. The van der Waals surface area contributed by atoms with Crippen molar-refractivity contribution in [2.24, 2.45) is 5.92 Å². The molecule has 114 valence electrons. The third-order valence-corrected chi connectivity index (χ3v) is 4.22. The number of likely N-dealkylation sites (tertiary alicyclic amines) is 1. The van der Waals surface area contributed by atoms with Gasteiger partial charge in [-0.15, -0.1) is 0 Å². The number of carbonyl (C=O) groups excluding carboxylic acids is 1. The maximum Gasteiger partial charge on any atom is 0.321 e. The number of piperidine rings is 1. The van der Waals surface area contributed by atoms with Crippen LogP contribution in [-0.4, -0.2) is 35.1 Å². The maximum atomic E-state index is 13.7. The van der Waals surface area contributed by atoms with E-state index >= 15 is 0 Å². The van der Waals surface area contributed by atoms with Crippen LogP contribution in [0.4, 0.5) is 14.9 Å². The van der Waals surface area contributed by atoms with Crippen LogP contribution in [0.2, 0.25) is 0 Å². The first-order chi connectivity index (χ1) is 9.97. The Morgan fingerprint density at radius 1 is 1.38 bits per heavy atom. The Morgan fingerprint density at radius 3 is 2.62 bits per heavy atom. The minimum absolute atomic E-state index is 0.103. The minimum atomic E-state index is -0.812. The van der Waals surface area contributed by atoms with Crippen LogP contribution >= 0.6 is 15.9 Å². The van der Waals surface area contributed by atoms with Gasteiger partial charge in [0, 0.05) is 24.0 Å². The van der Waals surface area contributed by atoms with Crippen LogP contribution in [-0.2, 0) is 4.79 Å². The number of benzene rings is 1. The van der Waals surface area contributed by atoms with Crippen LogP contribution in [0.5, 0.6) is 0 Å². The fraction of sp³-hybridized carbons (Fsp3) is 0.429. The van der Waals surface area contributed by atoms with Gasteiger partial charge >= 0.3 is 12.0 Å². The lowest BCUT2D eigenvalue weighted by atomic mass is 9.94. The highest BCUT2D eigenvalue weighted by molar-refractivity contribution is 9.10. The van der Waals surface area contributed by atoms with Crippen LogP contribution < -0.4 is 5.32 Å². The Kier molecular flexibility index (Phi) is 5.17. The Balaban J connectivity index is 1.92. The molecule has 1 fully saturated rings. The summed E-state index contributed by atoms with van der Waals surface area (Å²) in [5.74, 6) is -1.21. The number of amides is 2. The number of nitrogens with zero attached hydrogens (tertiary/aromatic N) is 1. The number of carbonyl (C=O) groups is 2. The highest BCUT2D eigenvalue weighted by atomic mass is 79.9.